The summed E-state index contributed by atoms with van der Waals surface area (Å²) in [5.41, 5.74) is 2.00. The summed E-state index contributed by atoms with van der Waals surface area (Å²) in [6.07, 6.45) is 5.08. The van der Waals surface area contributed by atoms with Crippen molar-refractivity contribution >= 4 is 32.7 Å². The summed E-state index contributed by atoms with van der Waals surface area (Å²) in [5.74, 6) is 0.656. The molecular formula is C24H36N6O3S. The van der Waals surface area contributed by atoms with E-state index in [0.29, 0.717) is 30.7 Å². The van der Waals surface area contributed by atoms with E-state index >= 15 is 0 Å². The number of anilines is 1. The molecule has 186 valence electrons. The number of carbonyl (C=O) groups is 1. The van der Waals surface area contributed by atoms with E-state index in [2.05, 4.69) is 21.9 Å². The number of fused-ring (bicyclic) bond motifs is 1. The number of imidazole rings is 1. The van der Waals surface area contributed by atoms with Gasteiger partial charge in [0.2, 0.25) is 15.9 Å². The van der Waals surface area contributed by atoms with Gasteiger partial charge in [0.15, 0.2) is 0 Å². The largest absolute Gasteiger partial charge is 0.328 e. The van der Waals surface area contributed by atoms with Crippen molar-refractivity contribution in [2.75, 3.05) is 18.4 Å². The van der Waals surface area contributed by atoms with E-state index in [9.17, 15) is 13.2 Å². The third-order valence-corrected chi connectivity index (χ3v) is 7.76. The van der Waals surface area contributed by atoms with E-state index in [1.165, 1.54) is 4.31 Å². The molecule has 0 aliphatic rings. The number of aryl methyl sites for hydroxylation is 2. The van der Waals surface area contributed by atoms with E-state index in [4.69, 9.17) is 4.98 Å². The van der Waals surface area contributed by atoms with Crippen LogP contribution in [0.15, 0.2) is 35.5 Å². The molecule has 0 unspecified atom stereocenters. The lowest BCUT2D eigenvalue weighted by molar-refractivity contribution is -0.116. The zero-order valence-electron chi connectivity index (χ0n) is 21.0. The van der Waals surface area contributed by atoms with Crippen LogP contribution in [-0.2, 0) is 33.3 Å². The van der Waals surface area contributed by atoms with Gasteiger partial charge >= 0.3 is 0 Å². The lowest BCUT2D eigenvalue weighted by Gasteiger charge is -2.18. The lowest BCUT2D eigenvalue weighted by Crippen LogP contribution is -2.30. The molecular weight excluding hydrogens is 452 g/mol. The maximum absolute atomic E-state index is 12.9. The highest BCUT2D eigenvalue weighted by Gasteiger charge is 2.23. The van der Waals surface area contributed by atoms with Gasteiger partial charge in [-0.1, -0.05) is 20.8 Å². The molecule has 1 amide bonds. The van der Waals surface area contributed by atoms with Crippen molar-refractivity contribution in [1.29, 1.82) is 0 Å². The molecule has 34 heavy (non-hydrogen) atoms. The minimum atomic E-state index is -3.57. The summed E-state index contributed by atoms with van der Waals surface area (Å²) in [6, 6.07) is 5.10. The highest BCUT2D eigenvalue weighted by atomic mass is 32.2. The number of nitrogens with one attached hydrogen (secondary N) is 1. The van der Waals surface area contributed by atoms with E-state index < -0.39 is 10.0 Å². The number of rotatable bonds is 10. The van der Waals surface area contributed by atoms with E-state index in [1.54, 1.807) is 18.3 Å². The molecule has 1 aromatic carbocycles. The maximum atomic E-state index is 12.9. The van der Waals surface area contributed by atoms with Crippen molar-refractivity contribution in [1.82, 2.24) is 23.6 Å². The Hall–Kier alpha value is -2.72. The fourth-order valence-corrected chi connectivity index (χ4v) is 5.38. The number of aromatic nitrogens is 4. The van der Waals surface area contributed by atoms with E-state index in [1.807, 2.05) is 51.6 Å². The van der Waals surface area contributed by atoms with E-state index in [0.717, 1.165) is 24.3 Å². The van der Waals surface area contributed by atoms with Crippen molar-refractivity contribution in [2.45, 2.75) is 77.8 Å². The lowest BCUT2D eigenvalue weighted by atomic mass is 10.1. The molecule has 0 aliphatic heterocycles. The van der Waals surface area contributed by atoms with Crippen molar-refractivity contribution in [2.24, 2.45) is 0 Å². The summed E-state index contributed by atoms with van der Waals surface area (Å²) < 4.78 is 31.2. The van der Waals surface area contributed by atoms with Crippen LogP contribution in [0.3, 0.4) is 0 Å². The number of carbonyl (C=O) groups excluding carboxylic acids is 1. The molecule has 3 rings (SSSR count). The minimum Gasteiger partial charge on any atom is -0.328 e. The molecule has 2 heterocycles. The molecule has 0 bridgehead atoms. The van der Waals surface area contributed by atoms with E-state index in [-0.39, 0.29) is 22.8 Å². The van der Waals surface area contributed by atoms with Crippen LogP contribution in [0.5, 0.6) is 0 Å². The average Bonchev–Trinajstić information content (AvgIpc) is 3.37. The Morgan fingerprint density at radius 3 is 2.44 bits per heavy atom. The summed E-state index contributed by atoms with van der Waals surface area (Å²) >= 11 is 0. The normalized spacial score (nSPS) is 12.6. The minimum absolute atomic E-state index is 0.117. The van der Waals surface area contributed by atoms with Gasteiger partial charge in [-0.05, 0) is 45.4 Å². The number of nitrogens with zero attached hydrogens (tertiary/aromatic N) is 5. The summed E-state index contributed by atoms with van der Waals surface area (Å²) in [7, 11) is -3.57. The third kappa shape index (κ3) is 5.50. The van der Waals surface area contributed by atoms with Crippen LogP contribution < -0.4 is 5.32 Å². The van der Waals surface area contributed by atoms with Crippen LogP contribution in [0.4, 0.5) is 5.69 Å². The average molecular weight is 489 g/mol. The van der Waals surface area contributed by atoms with Gasteiger partial charge in [0.1, 0.15) is 5.82 Å². The Bertz CT molecular complexity index is 1250. The molecule has 0 fully saturated rings. The molecule has 0 spiro atoms. The molecule has 3 aromatic rings. The Labute approximate surface area is 202 Å². The van der Waals surface area contributed by atoms with Crippen LogP contribution in [0.25, 0.3) is 11.0 Å². The van der Waals surface area contributed by atoms with Crippen molar-refractivity contribution < 1.29 is 13.2 Å². The number of hydrogen-bond acceptors (Lipinski definition) is 5. The van der Waals surface area contributed by atoms with Gasteiger partial charge in [-0.25, -0.2) is 13.4 Å². The quantitative estimate of drug-likeness (QED) is 0.465. The second-order valence-electron chi connectivity index (χ2n) is 9.31. The number of hydrogen-bond donors (Lipinski definition) is 1. The molecule has 1 N–H and O–H groups in total. The Morgan fingerprint density at radius 2 is 1.85 bits per heavy atom. The summed E-state index contributed by atoms with van der Waals surface area (Å²) in [5, 5.41) is 7.21. The molecule has 0 aliphatic carbocycles. The van der Waals surface area contributed by atoms with Crippen LogP contribution in [-0.4, -0.2) is 51.1 Å². The molecule has 10 heteroatoms. The highest BCUT2D eigenvalue weighted by Crippen LogP contribution is 2.24. The van der Waals surface area contributed by atoms with Gasteiger partial charge in [-0.3, -0.25) is 9.48 Å². The standard InChI is InChI=1S/C24H36N6O3S/c1-7-14-29-21-11-10-19(34(32,33)28(8-2)9-3)15-20(21)27-22(29)12-13-23(31)26-18-16-25-30(17-18)24(4,5)6/h10-11,15-17H,7-9,12-14H2,1-6H3,(H,26,31). The number of amides is 1. The fraction of sp³-hybridized carbons (Fsp3) is 0.542. The maximum Gasteiger partial charge on any atom is 0.243 e. The van der Waals surface area contributed by atoms with Crippen molar-refractivity contribution in [3.05, 3.63) is 36.4 Å². The zero-order valence-corrected chi connectivity index (χ0v) is 21.8. The first-order valence-electron chi connectivity index (χ1n) is 11.9. The predicted molar refractivity (Wildman–Crippen MR) is 134 cm³/mol. The smallest absolute Gasteiger partial charge is 0.243 e. The second-order valence-corrected chi connectivity index (χ2v) is 11.3. The number of benzene rings is 1. The molecule has 2 aromatic heterocycles. The zero-order chi connectivity index (χ0) is 25.1. The summed E-state index contributed by atoms with van der Waals surface area (Å²) in [6.45, 7) is 13.4. The third-order valence-electron chi connectivity index (χ3n) is 5.72. The van der Waals surface area contributed by atoms with Gasteiger partial charge in [0, 0.05) is 38.7 Å². The second kappa shape index (κ2) is 10.3. The Kier molecular flexibility index (Phi) is 7.82. The first-order chi connectivity index (χ1) is 16.0. The van der Waals surface area contributed by atoms with Crippen LogP contribution in [0.1, 0.15) is 60.2 Å². The topological polar surface area (TPSA) is 102 Å². The molecule has 0 saturated heterocycles. The van der Waals surface area contributed by atoms with Gasteiger partial charge in [-0.2, -0.15) is 9.40 Å². The Morgan fingerprint density at radius 1 is 1.15 bits per heavy atom. The van der Waals surface area contributed by atoms with Gasteiger partial charge < -0.3 is 9.88 Å². The monoisotopic (exact) mass is 488 g/mol. The fourth-order valence-electron chi connectivity index (χ4n) is 3.90. The van der Waals surface area contributed by atoms with Gasteiger partial charge in [0.25, 0.3) is 0 Å². The number of sulfonamides is 1. The van der Waals surface area contributed by atoms with Gasteiger partial charge in [0.05, 0.1) is 33.4 Å². The van der Waals surface area contributed by atoms with Crippen molar-refractivity contribution in [3.63, 3.8) is 0 Å². The molecule has 9 nitrogen and oxygen atoms in total. The highest BCUT2D eigenvalue weighted by molar-refractivity contribution is 7.89. The Balaban J connectivity index is 1.80. The molecule has 0 saturated carbocycles. The van der Waals surface area contributed by atoms with Crippen LogP contribution >= 0.6 is 0 Å². The van der Waals surface area contributed by atoms with Crippen molar-refractivity contribution in [3.8, 4) is 0 Å². The molecule has 0 atom stereocenters. The molecule has 0 radical (unpaired) electrons. The first kappa shape index (κ1) is 25.9. The van der Waals surface area contributed by atoms with Gasteiger partial charge in [-0.15, -0.1) is 0 Å². The van der Waals surface area contributed by atoms with Crippen LogP contribution in [0, 0.1) is 0 Å². The van der Waals surface area contributed by atoms with Crippen LogP contribution in [0.2, 0.25) is 0 Å². The SMILES string of the molecule is CCCn1c(CCC(=O)Nc2cnn(C(C)(C)C)c2)nc2cc(S(=O)(=O)N(CC)CC)ccc21. The predicted octanol–water partition coefficient (Wildman–Crippen LogP) is 4.00. The summed E-state index contributed by atoms with van der Waals surface area (Å²) in [4.78, 5) is 17.5. The first-order valence-corrected chi connectivity index (χ1v) is 13.3.